The van der Waals surface area contributed by atoms with Crippen LogP contribution in [0.15, 0.2) is 28.8 Å². The van der Waals surface area contributed by atoms with Gasteiger partial charge in [0.2, 0.25) is 11.7 Å². The highest BCUT2D eigenvalue weighted by Gasteiger charge is 2.15. The Balaban J connectivity index is 2.26. The number of aromatic hydroxyl groups is 1. The summed E-state index contributed by atoms with van der Waals surface area (Å²) in [5.41, 5.74) is 0.851. The molecule has 0 aliphatic rings. The number of benzene rings is 1. The van der Waals surface area contributed by atoms with Gasteiger partial charge < -0.3 is 9.63 Å². The maximum atomic E-state index is 9.21. The van der Waals surface area contributed by atoms with Crippen LogP contribution in [0.2, 0.25) is 0 Å². The van der Waals surface area contributed by atoms with Crippen molar-refractivity contribution in [2.24, 2.45) is 0 Å². The molecule has 0 atom stereocenters. The van der Waals surface area contributed by atoms with Crippen LogP contribution in [0.25, 0.3) is 11.4 Å². The molecular formula is C13H16N2O2. The fourth-order valence-electron chi connectivity index (χ4n) is 1.77. The molecule has 0 amide bonds. The molecule has 2 aromatic rings. The molecule has 4 nitrogen and oxygen atoms in total. The van der Waals surface area contributed by atoms with Crippen LogP contribution in [0.5, 0.6) is 5.75 Å². The summed E-state index contributed by atoms with van der Waals surface area (Å²) in [7, 11) is 0. The third-order valence-corrected chi connectivity index (χ3v) is 2.90. The average Bonchev–Trinajstić information content (AvgIpc) is 2.81. The molecule has 0 unspecified atom stereocenters. The molecule has 0 spiro atoms. The summed E-state index contributed by atoms with van der Waals surface area (Å²) in [6.45, 7) is 4.22. The van der Waals surface area contributed by atoms with Crippen molar-refractivity contribution in [2.75, 3.05) is 0 Å². The van der Waals surface area contributed by atoms with E-state index in [1.54, 1.807) is 24.3 Å². The van der Waals surface area contributed by atoms with Crippen molar-refractivity contribution < 1.29 is 9.63 Å². The molecule has 0 aliphatic heterocycles. The first-order valence-corrected chi connectivity index (χ1v) is 5.87. The highest BCUT2D eigenvalue weighted by atomic mass is 16.5. The first kappa shape index (κ1) is 11.6. The number of phenols is 1. The summed E-state index contributed by atoms with van der Waals surface area (Å²) in [6, 6.07) is 6.78. The zero-order valence-electron chi connectivity index (χ0n) is 10.1. The van der Waals surface area contributed by atoms with Gasteiger partial charge in [0.15, 0.2) is 0 Å². The molecule has 0 bridgehead atoms. The van der Waals surface area contributed by atoms with Crippen molar-refractivity contribution in [1.82, 2.24) is 10.1 Å². The van der Waals surface area contributed by atoms with E-state index in [1.165, 1.54) is 0 Å². The van der Waals surface area contributed by atoms with Crippen molar-refractivity contribution in [1.29, 1.82) is 0 Å². The second-order valence-corrected chi connectivity index (χ2v) is 4.02. The molecule has 2 rings (SSSR count). The summed E-state index contributed by atoms with van der Waals surface area (Å²) in [5.74, 6) is 1.83. The first-order chi connectivity index (χ1) is 8.24. The van der Waals surface area contributed by atoms with Crippen LogP contribution in [0.4, 0.5) is 0 Å². The Labute approximate surface area is 100 Å². The van der Waals surface area contributed by atoms with Crippen molar-refractivity contribution in [3.05, 3.63) is 30.2 Å². The van der Waals surface area contributed by atoms with Gasteiger partial charge in [-0.1, -0.05) is 19.0 Å². The largest absolute Gasteiger partial charge is 0.508 e. The van der Waals surface area contributed by atoms with E-state index in [9.17, 15) is 5.11 Å². The van der Waals surface area contributed by atoms with E-state index >= 15 is 0 Å². The lowest BCUT2D eigenvalue weighted by Gasteiger charge is -2.04. The van der Waals surface area contributed by atoms with Gasteiger partial charge in [-0.3, -0.25) is 0 Å². The van der Waals surface area contributed by atoms with Crippen LogP contribution in [-0.2, 0) is 0 Å². The van der Waals surface area contributed by atoms with E-state index in [-0.39, 0.29) is 5.75 Å². The molecule has 1 N–H and O–H groups in total. The average molecular weight is 232 g/mol. The minimum atomic E-state index is 0.234. The predicted octanol–water partition coefficient (Wildman–Crippen LogP) is 3.35. The lowest BCUT2D eigenvalue weighted by molar-refractivity contribution is 0.346. The monoisotopic (exact) mass is 232 g/mol. The molecular weight excluding hydrogens is 216 g/mol. The third-order valence-electron chi connectivity index (χ3n) is 2.90. The SMILES string of the molecule is CCC(CC)c1nc(-c2ccc(O)cc2)no1. The number of aromatic nitrogens is 2. The van der Waals surface area contributed by atoms with Crippen molar-refractivity contribution in [2.45, 2.75) is 32.6 Å². The molecule has 0 saturated heterocycles. The maximum Gasteiger partial charge on any atom is 0.230 e. The normalized spacial score (nSPS) is 11.0. The van der Waals surface area contributed by atoms with E-state index < -0.39 is 0 Å². The molecule has 0 radical (unpaired) electrons. The molecule has 0 aliphatic carbocycles. The molecule has 1 aromatic heterocycles. The molecule has 4 heteroatoms. The van der Waals surface area contributed by atoms with Crippen molar-refractivity contribution in [3.8, 4) is 17.1 Å². The van der Waals surface area contributed by atoms with Crippen LogP contribution in [0.1, 0.15) is 38.5 Å². The fraction of sp³-hybridized carbons (Fsp3) is 0.385. The Bertz CT molecular complexity index is 472. The van der Waals surface area contributed by atoms with E-state index in [0.717, 1.165) is 18.4 Å². The van der Waals surface area contributed by atoms with Gasteiger partial charge >= 0.3 is 0 Å². The minimum absolute atomic E-state index is 0.234. The Morgan fingerprint density at radius 3 is 2.41 bits per heavy atom. The number of rotatable bonds is 4. The van der Waals surface area contributed by atoms with Crippen LogP contribution in [0, 0.1) is 0 Å². The lowest BCUT2D eigenvalue weighted by atomic mass is 10.0. The molecule has 1 aromatic carbocycles. The van der Waals surface area contributed by atoms with Gasteiger partial charge in [-0.2, -0.15) is 4.98 Å². The van der Waals surface area contributed by atoms with Gasteiger partial charge in [0.1, 0.15) is 5.75 Å². The van der Waals surface area contributed by atoms with E-state index in [4.69, 9.17) is 4.52 Å². The van der Waals surface area contributed by atoms with Gasteiger partial charge in [0.05, 0.1) is 0 Å². The Morgan fingerprint density at radius 2 is 1.82 bits per heavy atom. The quantitative estimate of drug-likeness (QED) is 0.878. The van der Waals surface area contributed by atoms with Gasteiger partial charge in [0, 0.05) is 11.5 Å². The summed E-state index contributed by atoms with van der Waals surface area (Å²) < 4.78 is 5.27. The number of phenolic OH excluding ortho intramolecular Hbond substituents is 1. The minimum Gasteiger partial charge on any atom is -0.508 e. The van der Waals surface area contributed by atoms with Crippen LogP contribution in [-0.4, -0.2) is 15.2 Å². The Morgan fingerprint density at radius 1 is 1.18 bits per heavy atom. The molecule has 17 heavy (non-hydrogen) atoms. The fourth-order valence-corrected chi connectivity index (χ4v) is 1.77. The highest BCUT2D eigenvalue weighted by Crippen LogP contribution is 2.24. The highest BCUT2D eigenvalue weighted by molar-refractivity contribution is 5.55. The first-order valence-electron chi connectivity index (χ1n) is 5.87. The second-order valence-electron chi connectivity index (χ2n) is 4.02. The van der Waals surface area contributed by atoms with Gasteiger partial charge in [-0.25, -0.2) is 0 Å². The molecule has 0 fully saturated rings. The molecule has 90 valence electrons. The van der Waals surface area contributed by atoms with E-state index in [2.05, 4.69) is 24.0 Å². The Kier molecular flexibility index (Phi) is 3.42. The summed E-state index contributed by atoms with van der Waals surface area (Å²) in [4.78, 5) is 4.39. The molecule has 0 saturated carbocycles. The Hall–Kier alpha value is -1.84. The second kappa shape index (κ2) is 4.99. The van der Waals surface area contributed by atoms with Crippen molar-refractivity contribution in [3.63, 3.8) is 0 Å². The molecule has 1 heterocycles. The summed E-state index contributed by atoms with van der Waals surface area (Å²) >= 11 is 0. The van der Waals surface area contributed by atoms with Gasteiger partial charge in [0.25, 0.3) is 0 Å². The lowest BCUT2D eigenvalue weighted by Crippen LogP contribution is -1.95. The topological polar surface area (TPSA) is 59.2 Å². The standard InChI is InChI=1S/C13H16N2O2/c1-3-9(4-2)13-14-12(15-17-13)10-5-7-11(16)8-6-10/h5-9,16H,3-4H2,1-2H3. The number of nitrogens with zero attached hydrogens (tertiary/aromatic N) is 2. The van der Waals surface area contributed by atoms with Gasteiger partial charge in [-0.05, 0) is 37.1 Å². The van der Waals surface area contributed by atoms with Crippen LogP contribution < -0.4 is 0 Å². The van der Waals surface area contributed by atoms with Crippen molar-refractivity contribution >= 4 is 0 Å². The third kappa shape index (κ3) is 2.46. The van der Waals surface area contributed by atoms with Crippen LogP contribution in [0.3, 0.4) is 0 Å². The zero-order chi connectivity index (χ0) is 12.3. The smallest absolute Gasteiger partial charge is 0.230 e. The predicted molar refractivity (Wildman–Crippen MR) is 64.7 cm³/mol. The summed E-state index contributed by atoms with van der Waals surface area (Å²) in [5, 5.41) is 13.2. The zero-order valence-corrected chi connectivity index (χ0v) is 10.1. The number of hydrogen-bond donors (Lipinski definition) is 1. The van der Waals surface area contributed by atoms with Gasteiger partial charge in [-0.15, -0.1) is 0 Å². The number of hydrogen-bond acceptors (Lipinski definition) is 4. The maximum absolute atomic E-state index is 9.21. The van der Waals surface area contributed by atoms with E-state index in [1.807, 2.05) is 0 Å². The van der Waals surface area contributed by atoms with Crippen LogP contribution >= 0.6 is 0 Å². The van der Waals surface area contributed by atoms with E-state index in [0.29, 0.717) is 17.6 Å². The summed E-state index contributed by atoms with van der Waals surface area (Å²) in [6.07, 6.45) is 1.99.